The molecule has 0 aliphatic carbocycles. The van der Waals surface area contributed by atoms with Gasteiger partial charge in [-0.15, -0.1) is 0 Å². The average Bonchev–Trinajstić information content (AvgIpc) is 2.53. The van der Waals surface area contributed by atoms with E-state index in [0.29, 0.717) is 6.54 Å². The van der Waals surface area contributed by atoms with Crippen molar-refractivity contribution >= 4 is 38.6 Å². The Labute approximate surface area is 131 Å². The summed E-state index contributed by atoms with van der Waals surface area (Å²) >= 11 is 3.39. The van der Waals surface area contributed by atoms with Crippen LogP contribution in [-0.4, -0.2) is 40.4 Å². The molecule has 1 saturated heterocycles. The monoisotopic (exact) mass is 348 g/mol. The Morgan fingerprint density at radius 2 is 2.10 bits per heavy atom. The second kappa shape index (κ2) is 6.39. The van der Waals surface area contributed by atoms with Crippen molar-refractivity contribution in [3.05, 3.63) is 29.0 Å². The summed E-state index contributed by atoms with van der Waals surface area (Å²) < 4.78 is 0.893. The molecular formula is C15H17BrN4O. The molecule has 0 saturated carbocycles. The van der Waals surface area contributed by atoms with Crippen molar-refractivity contribution in [1.82, 2.24) is 14.9 Å². The number of aromatic nitrogens is 2. The van der Waals surface area contributed by atoms with E-state index in [1.54, 1.807) is 12.4 Å². The van der Waals surface area contributed by atoms with E-state index in [9.17, 15) is 4.79 Å². The minimum absolute atomic E-state index is 0.150. The van der Waals surface area contributed by atoms with E-state index >= 15 is 0 Å². The normalized spacial score (nSPS) is 15.2. The van der Waals surface area contributed by atoms with Gasteiger partial charge in [0.15, 0.2) is 0 Å². The average molecular weight is 349 g/mol. The van der Waals surface area contributed by atoms with Gasteiger partial charge in [0.2, 0.25) is 5.91 Å². The summed E-state index contributed by atoms with van der Waals surface area (Å²) in [5, 5.41) is 3.20. The van der Waals surface area contributed by atoms with Crippen LogP contribution in [0.4, 0.5) is 5.69 Å². The third-order valence-electron chi connectivity index (χ3n) is 3.68. The lowest BCUT2D eigenvalue weighted by Gasteiger charge is -2.26. The number of piperidine rings is 1. The fourth-order valence-corrected chi connectivity index (χ4v) is 2.89. The van der Waals surface area contributed by atoms with Gasteiger partial charge in [0.25, 0.3) is 0 Å². The van der Waals surface area contributed by atoms with Crippen LogP contribution in [0.5, 0.6) is 0 Å². The number of halogens is 1. The van der Waals surface area contributed by atoms with Crippen LogP contribution < -0.4 is 5.32 Å². The van der Waals surface area contributed by atoms with Crippen LogP contribution in [0.15, 0.2) is 29.0 Å². The lowest BCUT2D eigenvalue weighted by atomic mass is 10.1. The van der Waals surface area contributed by atoms with Gasteiger partial charge in [-0.25, -0.2) is 0 Å². The highest BCUT2D eigenvalue weighted by molar-refractivity contribution is 9.10. The Kier molecular flexibility index (Phi) is 4.34. The Hall–Kier alpha value is -1.69. The van der Waals surface area contributed by atoms with Gasteiger partial charge < -0.3 is 10.2 Å². The Bertz CT molecular complexity index is 655. The molecule has 2 aromatic rings. The van der Waals surface area contributed by atoms with E-state index in [4.69, 9.17) is 0 Å². The quantitative estimate of drug-likeness (QED) is 0.926. The summed E-state index contributed by atoms with van der Waals surface area (Å²) in [4.78, 5) is 22.8. The van der Waals surface area contributed by atoms with Crippen molar-refractivity contribution in [2.45, 2.75) is 19.3 Å². The third kappa shape index (κ3) is 3.32. The van der Waals surface area contributed by atoms with Crippen LogP contribution in [0.1, 0.15) is 19.3 Å². The largest absolute Gasteiger partial charge is 0.374 e. The van der Waals surface area contributed by atoms with E-state index in [1.165, 1.54) is 6.42 Å². The van der Waals surface area contributed by atoms with E-state index in [2.05, 4.69) is 31.2 Å². The molecule has 3 rings (SSSR count). The van der Waals surface area contributed by atoms with Crippen LogP contribution in [0.25, 0.3) is 11.0 Å². The molecule has 1 N–H and O–H groups in total. The molecule has 0 bridgehead atoms. The number of carbonyl (C=O) groups excluding carboxylic acids is 1. The fourth-order valence-electron chi connectivity index (χ4n) is 2.57. The molecule has 5 nitrogen and oxygen atoms in total. The van der Waals surface area contributed by atoms with Crippen LogP contribution in [-0.2, 0) is 4.79 Å². The Morgan fingerprint density at radius 3 is 2.90 bits per heavy atom. The van der Waals surface area contributed by atoms with E-state index in [0.717, 1.165) is 47.1 Å². The minimum atomic E-state index is 0.150. The van der Waals surface area contributed by atoms with Crippen molar-refractivity contribution in [3.8, 4) is 0 Å². The number of amides is 1. The van der Waals surface area contributed by atoms with Crippen LogP contribution in [0.2, 0.25) is 0 Å². The Morgan fingerprint density at radius 1 is 1.29 bits per heavy atom. The molecule has 21 heavy (non-hydrogen) atoms. The molecule has 0 atom stereocenters. The first-order valence-electron chi connectivity index (χ1n) is 7.16. The number of nitrogens with zero attached hydrogens (tertiary/aromatic N) is 3. The molecular weight excluding hydrogens is 332 g/mol. The van der Waals surface area contributed by atoms with Crippen LogP contribution in [0, 0.1) is 0 Å². The molecule has 0 unspecified atom stereocenters. The van der Waals surface area contributed by atoms with Crippen molar-refractivity contribution in [2.75, 3.05) is 25.0 Å². The van der Waals surface area contributed by atoms with Gasteiger partial charge in [-0.05, 0) is 47.3 Å². The maximum atomic E-state index is 12.2. The van der Waals surface area contributed by atoms with E-state index < -0.39 is 0 Å². The molecule has 1 aliphatic heterocycles. The first kappa shape index (κ1) is 14.3. The van der Waals surface area contributed by atoms with Gasteiger partial charge >= 0.3 is 0 Å². The molecule has 6 heteroatoms. The van der Waals surface area contributed by atoms with Gasteiger partial charge in [0.05, 0.1) is 17.7 Å². The topological polar surface area (TPSA) is 58.1 Å². The smallest absolute Gasteiger partial charge is 0.241 e. The van der Waals surface area contributed by atoms with Crippen LogP contribution >= 0.6 is 15.9 Å². The first-order chi connectivity index (χ1) is 10.2. The highest BCUT2D eigenvalue weighted by atomic mass is 79.9. The first-order valence-corrected chi connectivity index (χ1v) is 7.95. The standard InChI is InChI=1S/C15H17BrN4O/c16-11-8-13-15(19-9-11)12(4-5-17-13)18-10-14(21)20-6-2-1-3-7-20/h4-5,8-9H,1-3,6-7,10H2,(H,17,18). The summed E-state index contributed by atoms with van der Waals surface area (Å²) in [6, 6.07) is 3.77. The van der Waals surface area contributed by atoms with E-state index in [1.807, 2.05) is 17.0 Å². The van der Waals surface area contributed by atoms with E-state index in [-0.39, 0.29) is 5.91 Å². The highest BCUT2D eigenvalue weighted by Crippen LogP contribution is 2.22. The number of anilines is 1. The Balaban J connectivity index is 1.71. The predicted octanol–water partition coefficient (Wildman–Crippen LogP) is 2.82. The summed E-state index contributed by atoms with van der Waals surface area (Å²) in [6.45, 7) is 2.06. The SMILES string of the molecule is O=C(CNc1ccnc2cc(Br)cnc12)N1CCCCC1. The molecule has 0 spiro atoms. The molecule has 110 valence electrons. The van der Waals surface area contributed by atoms with Gasteiger partial charge in [-0.1, -0.05) is 0 Å². The molecule has 0 aromatic carbocycles. The number of fused-ring (bicyclic) bond motifs is 1. The predicted molar refractivity (Wildman–Crippen MR) is 86.2 cm³/mol. The molecule has 1 amide bonds. The number of hydrogen-bond acceptors (Lipinski definition) is 4. The summed E-state index contributed by atoms with van der Waals surface area (Å²) in [5.74, 6) is 0.150. The lowest BCUT2D eigenvalue weighted by molar-refractivity contribution is -0.130. The summed E-state index contributed by atoms with van der Waals surface area (Å²) in [5.41, 5.74) is 2.44. The number of nitrogens with one attached hydrogen (secondary N) is 1. The fraction of sp³-hybridized carbons (Fsp3) is 0.400. The molecule has 3 heterocycles. The number of pyridine rings is 2. The van der Waals surface area contributed by atoms with Gasteiger partial charge in [0.1, 0.15) is 5.52 Å². The van der Waals surface area contributed by atoms with Crippen molar-refractivity contribution < 1.29 is 4.79 Å². The second-order valence-corrected chi connectivity index (χ2v) is 6.09. The van der Waals surface area contributed by atoms with Gasteiger partial charge in [0, 0.05) is 30.0 Å². The third-order valence-corrected chi connectivity index (χ3v) is 4.12. The summed E-state index contributed by atoms with van der Waals surface area (Å²) in [6.07, 6.45) is 6.91. The number of hydrogen-bond donors (Lipinski definition) is 1. The molecule has 0 radical (unpaired) electrons. The van der Waals surface area contributed by atoms with Crippen molar-refractivity contribution in [2.24, 2.45) is 0 Å². The minimum Gasteiger partial charge on any atom is -0.374 e. The zero-order chi connectivity index (χ0) is 14.7. The zero-order valence-corrected chi connectivity index (χ0v) is 13.3. The zero-order valence-electron chi connectivity index (χ0n) is 11.7. The number of rotatable bonds is 3. The number of likely N-dealkylation sites (tertiary alicyclic amines) is 1. The van der Waals surface area contributed by atoms with Crippen LogP contribution in [0.3, 0.4) is 0 Å². The van der Waals surface area contributed by atoms with Gasteiger partial charge in [-0.2, -0.15) is 0 Å². The number of carbonyl (C=O) groups is 1. The molecule has 1 fully saturated rings. The maximum Gasteiger partial charge on any atom is 0.241 e. The second-order valence-electron chi connectivity index (χ2n) is 5.17. The van der Waals surface area contributed by atoms with Crippen molar-refractivity contribution in [1.29, 1.82) is 0 Å². The highest BCUT2D eigenvalue weighted by Gasteiger charge is 2.16. The maximum absolute atomic E-state index is 12.2. The summed E-state index contributed by atoms with van der Waals surface area (Å²) in [7, 11) is 0. The lowest BCUT2D eigenvalue weighted by Crippen LogP contribution is -2.39. The molecule has 1 aliphatic rings. The van der Waals surface area contributed by atoms with Gasteiger partial charge in [-0.3, -0.25) is 14.8 Å². The molecule has 2 aromatic heterocycles. The van der Waals surface area contributed by atoms with Crippen molar-refractivity contribution in [3.63, 3.8) is 0 Å².